The fraction of sp³-hybridized carbons (Fsp3) is 0.588. The first-order valence-corrected chi connectivity index (χ1v) is 8.44. The largest absolute Gasteiger partial charge is 0.480 e. The average Bonchev–Trinajstić information content (AvgIpc) is 2.98. The highest BCUT2D eigenvalue weighted by molar-refractivity contribution is 6.08. The number of carboxylic acid groups (broad SMARTS) is 1. The molecule has 1 aromatic rings. The van der Waals surface area contributed by atoms with Gasteiger partial charge in [0.15, 0.2) is 0 Å². The van der Waals surface area contributed by atoms with Gasteiger partial charge in [0, 0.05) is 19.0 Å². The minimum absolute atomic E-state index is 0.0303. The van der Waals surface area contributed by atoms with Crippen molar-refractivity contribution in [2.75, 3.05) is 13.1 Å². The van der Waals surface area contributed by atoms with Gasteiger partial charge in [0.2, 0.25) is 0 Å². The maximum absolute atomic E-state index is 13.0. The van der Waals surface area contributed by atoms with Gasteiger partial charge in [-0.25, -0.2) is 4.39 Å². The fourth-order valence-corrected chi connectivity index (χ4v) is 3.40. The Morgan fingerprint density at radius 3 is 2.70 bits per heavy atom. The maximum atomic E-state index is 13.0. The number of carbonyl (C=O) groups is 1. The summed E-state index contributed by atoms with van der Waals surface area (Å²) in [6.45, 7) is 2.23. The van der Waals surface area contributed by atoms with Gasteiger partial charge in [0.1, 0.15) is 19.2 Å². The summed E-state index contributed by atoms with van der Waals surface area (Å²) in [5.41, 5.74) is 6.19. The maximum Gasteiger partial charge on any atom is 0.324 e. The van der Waals surface area contributed by atoms with Gasteiger partial charge >= 0.3 is 5.97 Å². The summed E-state index contributed by atoms with van der Waals surface area (Å²) in [5, 5.41) is 9.61. The molecule has 0 saturated carbocycles. The summed E-state index contributed by atoms with van der Waals surface area (Å²) in [7, 11) is 2.10. The van der Waals surface area contributed by atoms with E-state index in [0.717, 1.165) is 37.7 Å². The van der Waals surface area contributed by atoms with E-state index in [9.17, 15) is 14.3 Å². The van der Waals surface area contributed by atoms with E-state index in [1.54, 1.807) is 12.1 Å². The minimum Gasteiger partial charge on any atom is -0.480 e. The molecule has 1 saturated heterocycles. The molecule has 4 nitrogen and oxygen atoms in total. The zero-order valence-corrected chi connectivity index (χ0v) is 13.8. The minimum atomic E-state index is -1.13. The van der Waals surface area contributed by atoms with Crippen molar-refractivity contribution in [3.63, 3.8) is 0 Å². The molecular formula is C17H26BFN2O2. The molecule has 1 fully saturated rings. The van der Waals surface area contributed by atoms with Gasteiger partial charge in [-0.15, -0.1) is 0 Å². The highest BCUT2D eigenvalue weighted by Crippen LogP contribution is 2.31. The molecule has 1 heterocycles. The highest BCUT2D eigenvalue weighted by atomic mass is 19.1. The van der Waals surface area contributed by atoms with Crippen LogP contribution in [-0.2, 0) is 11.3 Å². The average molecular weight is 320 g/mol. The first-order chi connectivity index (χ1) is 11.0. The number of carboxylic acids is 1. The smallest absolute Gasteiger partial charge is 0.324 e. The Balaban J connectivity index is 1.95. The second-order valence-electron chi connectivity index (χ2n) is 6.65. The highest BCUT2D eigenvalue weighted by Gasteiger charge is 2.44. The lowest BCUT2D eigenvalue weighted by atomic mass is 9.79. The van der Waals surface area contributed by atoms with Crippen molar-refractivity contribution in [3.8, 4) is 0 Å². The van der Waals surface area contributed by atoms with Crippen LogP contribution in [0.5, 0.6) is 0 Å². The van der Waals surface area contributed by atoms with Crippen LogP contribution in [0.1, 0.15) is 31.2 Å². The lowest BCUT2D eigenvalue weighted by molar-refractivity contribution is -0.145. The molecule has 0 amide bonds. The number of hydrogen-bond acceptors (Lipinski definition) is 3. The third-order valence-electron chi connectivity index (χ3n) is 4.91. The summed E-state index contributed by atoms with van der Waals surface area (Å²) in [5.74, 6) is -1.16. The molecule has 0 radical (unpaired) electrons. The monoisotopic (exact) mass is 320 g/mol. The van der Waals surface area contributed by atoms with Gasteiger partial charge in [-0.2, -0.15) is 0 Å². The van der Waals surface area contributed by atoms with Gasteiger partial charge < -0.3 is 10.8 Å². The number of likely N-dealkylation sites (tertiary alicyclic amines) is 1. The van der Waals surface area contributed by atoms with Crippen molar-refractivity contribution >= 4 is 13.8 Å². The van der Waals surface area contributed by atoms with Crippen LogP contribution in [0.4, 0.5) is 4.39 Å². The molecule has 1 aliphatic heterocycles. The number of nitrogens with two attached hydrogens (primary N) is 1. The van der Waals surface area contributed by atoms with E-state index >= 15 is 0 Å². The SMILES string of the molecule is BCCCCC(N)(C(=O)O)C1CCN(Cc2ccc(F)cc2)C1. The van der Waals surface area contributed by atoms with Crippen LogP contribution in [-0.4, -0.2) is 42.5 Å². The van der Waals surface area contributed by atoms with E-state index in [1.807, 2.05) is 0 Å². The van der Waals surface area contributed by atoms with Crippen LogP contribution < -0.4 is 5.73 Å². The molecule has 3 N–H and O–H groups in total. The fourth-order valence-electron chi connectivity index (χ4n) is 3.40. The van der Waals surface area contributed by atoms with Crippen molar-refractivity contribution in [3.05, 3.63) is 35.6 Å². The Morgan fingerprint density at radius 1 is 1.39 bits per heavy atom. The van der Waals surface area contributed by atoms with Gasteiger partial charge in [0.05, 0.1) is 0 Å². The Hall–Kier alpha value is -1.40. The van der Waals surface area contributed by atoms with Crippen molar-refractivity contribution in [1.29, 1.82) is 0 Å². The molecule has 2 atom stereocenters. The lowest BCUT2D eigenvalue weighted by Gasteiger charge is -2.31. The van der Waals surface area contributed by atoms with Gasteiger partial charge in [-0.3, -0.25) is 9.69 Å². The predicted molar refractivity (Wildman–Crippen MR) is 91.5 cm³/mol. The normalized spacial score (nSPS) is 21.2. The Morgan fingerprint density at radius 2 is 2.09 bits per heavy atom. The summed E-state index contributed by atoms with van der Waals surface area (Å²) >= 11 is 0. The van der Waals surface area contributed by atoms with Gasteiger partial charge in [0.25, 0.3) is 0 Å². The van der Waals surface area contributed by atoms with Crippen LogP contribution in [0.15, 0.2) is 24.3 Å². The van der Waals surface area contributed by atoms with Gasteiger partial charge in [-0.05, 0) is 37.1 Å². The Bertz CT molecular complexity index is 526. The van der Waals surface area contributed by atoms with Crippen LogP contribution in [0, 0.1) is 11.7 Å². The molecule has 23 heavy (non-hydrogen) atoms. The number of nitrogens with zero attached hydrogens (tertiary/aromatic N) is 1. The molecule has 2 unspecified atom stereocenters. The molecular weight excluding hydrogens is 294 g/mol. The second-order valence-corrected chi connectivity index (χ2v) is 6.65. The van der Waals surface area contributed by atoms with E-state index in [0.29, 0.717) is 19.5 Å². The van der Waals surface area contributed by atoms with Gasteiger partial charge in [-0.1, -0.05) is 31.3 Å². The number of hydrogen-bond donors (Lipinski definition) is 2. The molecule has 1 aliphatic rings. The third-order valence-corrected chi connectivity index (χ3v) is 4.91. The van der Waals surface area contributed by atoms with E-state index in [4.69, 9.17) is 5.73 Å². The second kappa shape index (κ2) is 7.93. The zero-order valence-electron chi connectivity index (χ0n) is 13.8. The Kier molecular flexibility index (Phi) is 6.19. The Labute approximate surface area is 138 Å². The molecule has 0 bridgehead atoms. The first kappa shape index (κ1) is 18.0. The zero-order chi connectivity index (χ0) is 16.9. The molecule has 0 aromatic heterocycles. The number of aliphatic carboxylic acids is 1. The van der Waals surface area contributed by atoms with Crippen molar-refractivity contribution in [1.82, 2.24) is 4.90 Å². The summed E-state index contributed by atoms with van der Waals surface area (Å²) in [6.07, 6.45) is 4.25. The number of rotatable bonds is 8. The van der Waals surface area contributed by atoms with Crippen molar-refractivity contribution in [2.24, 2.45) is 11.7 Å². The van der Waals surface area contributed by atoms with Crippen molar-refractivity contribution in [2.45, 2.75) is 44.1 Å². The summed E-state index contributed by atoms with van der Waals surface area (Å²) < 4.78 is 13.0. The predicted octanol–water partition coefficient (Wildman–Crippen LogP) is 1.65. The molecule has 126 valence electrons. The van der Waals surface area contributed by atoms with Crippen LogP contribution >= 0.6 is 0 Å². The number of unbranched alkanes of at least 4 members (excludes halogenated alkanes) is 1. The van der Waals surface area contributed by atoms with E-state index in [-0.39, 0.29) is 11.7 Å². The molecule has 0 aliphatic carbocycles. The van der Waals surface area contributed by atoms with E-state index in [1.165, 1.54) is 12.1 Å². The molecule has 2 rings (SSSR count). The van der Waals surface area contributed by atoms with Crippen LogP contribution in [0.2, 0.25) is 6.32 Å². The van der Waals surface area contributed by atoms with Crippen LogP contribution in [0.3, 0.4) is 0 Å². The molecule has 6 heteroatoms. The standard InChI is InChI=1S/C17H26BFN2O2/c18-9-2-1-8-17(20,16(22)23)14-7-10-21(12-14)11-13-3-5-15(19)6-4-13/h3-6,14H,1-2,7-12,18,20H2,(H,22,23). The lowest BCUT2D eigenvalue weighted by Crippen LogP contribution is -2.55. The first-order valence-electron chi connectivity index (χ1n) is 8.44. The number of benzene rings is 1. The van der Waals surface area contributed by atoms with E-state index < -0.39 is 11.5 Å². The number of halogens is 1. The summed E-state index contributed by atoms with van der Waals surface area (Å²) in [6, 6.07) is 6.46. The quantitative estimate of drug-likeness (QED) is 0.565. The topological polar surface area (TPSA) is 66.6 Å². The third kappa shape index (κ3) is 4.55. The summed E-state index contributed by atoms with van der Waals surface area (Å²) in [4.78, 5) is 13.9. The van der Waals surface area contributed by atoms with Crippen molar-refractivity contribution < 1.29 is 14.3 Å². The van der Waals surface area contributed by atoms with Crippen LogP contribution in [0.25, 0.3) is 0 Å². The van der Waals surface area contributed by atoms with E-state index in [2.05, 4.69) is 12.7 Å². The molecule has 1 aromatic carbocycles. The molecule has 0 spiro atoms.